The minimum atomic E-state index is -5.18. The van der Waals surface area contributed by atoms with E-state index in [1.54, 1.807) is 0 Å². The molecule has 0 amide bonds. The highest BCUT2D eigenvalue weighted by Gasteiger charge is 2.39. The monoisotopic (exact) mass is 306 g/mol. The standard InChI is InChI=1S/C12H10F4N2O3/c1-2-21-11(20)9(10(19)12(14,15)16)18-17-8-5-3-7(13)4-6-8/h3-6,19H,2H2,1H3. The summed E-state index contributed by atoms with van der Waals surface area (Å²) in [6.45, 7) is 1.16. The molecule has 0 radical (unpaired) electrons. The number of aliphatic hydroxyl groups is 1. The zero-order chi connectivity index (χ0) is 16.0. The average Bonchev–Trinajstić information content (AvgIpc) is 2.40. The molecular formula is C12H10F4N2O3. The van der Waals surface area contributed by atoms with Crippen LogP contribution in [0.2, 0.25) is 0 Å². The van der Waals surface area contributed by atoms with Crippen LogP contribution in [0.5, 0.6) is 0 Å². The van der Waals surface area contributed by atoms with E-state index in [0.717, 1.165) is 24.3 Å². The zero-order valence-corrected chi connectivity index (χ0v) is 10.7. The van der Waals surface area contributed by atoms with Crippen LogP contribution in [0.4, 0.5) is 23.2 Å². The fourth-order valence-corrected chi connectivity index (χ4v) is 1.13. The zero-order valence-electron chi connectivity index (χ0n) is 10.7. The van der Waals surface area contributed by atoms with E-state index in [4.69, 9.17) is 5.11 Å². The number of halogens is 4. The van der Waals surface area contributed by atoms with Gasteiger partial charge in [0.05, 0.1) is 12.3 Å². The second-order valence-corrected chi connectivity index (χ2v) is 3.59. The van der Waals surface area contributed by atoms with E-state index in [1.165, 1.54) is 6.92 Å². The van der Waals surface area contributed by atoms with Gasteiger partial charge in [-0.15, -0.1) is 5.11 Å². The van der Waals surface area contributed by atoms with E-state index in [2.05, 4.69) is 15.0 Å². The van der Waals surface area contributed by atoms with Crippen molar-refractivity contribution < 1.29 is 32.2 Å². The van der Waals surface area contributed by atoms with Gasteiger partial charge in [-0.3, -0.25) is 0 Å². The summed E-state index contributed by atoms with van der Waals surface area (Å²) in [4.78, 5) is 11.4. The maximum atomic E-state index is 12.7. The highest BCUT2D eigenvalue weighted by atomic mass is 19.4. The number of alkyl halides is 3. The van der Waals surface area contributed by atoms with Gasteiger partial charge in [0.25, 0.3) is 0 Å². The number of nitrogens with zero attached hydrogens (tertiary/aromatic N) is 2. The summed E-state index contributed by atoms with van der Waals surface area (Å²) in [5.74, 6) is -4.27. The molecule has 0 aliphatic carbocycles. The first-order chi connectivity index (χ1) is 9.75. The Morgan fingerprint density at radius 2 is 1.86 bits per heavy atom. The molecule has 0 aromatic heterocycles. The van der Waals surface area contributed by atoms with Crippen molar-refractivity contribution in [2.45, 2.75) is 13.1 Å². The molecular weight excluding hydrogens is 296 g/mol. The van der Waals surface area contributed by atoms with Crippen LogP contribution >= 0.6 is 0 Å². The van der Waals surface area contributed by atoms with Gasteiger partial charge < -0.3 is 9.84 Å². The molecule has 0 aliphatic rings. The third kappa shape index (κ3) is 4.86. The van der Waals surface area contributed by atoms with Gasteiger partial charge in [-0.25, -0.2) is 9.18 Å². The molecule has 1 aromatic rings. The molecule has 5 nitrogen and oxygen atoms in total. The van der Waals surface area contributed by atoms with Crippen molar-refractivity contribution in [3.8, 4) is 0 Å². The van der Waals surface area contributed by atoms with Gasteiger partial charge in [0.15, 0.2) is 0 Å². The fourth-order valence-electron chi connectivity index (χ4n) is 1.13. The number of aliphatic hydroxyl groups excluding tert-OH is 1. The van der Waals surface area contributed by atoms with E-state index in [0.29, 0.717) is 0 Å². The molecule has 0 saturated carbocycles. The van der Waals surface area contributed by atoms with Crippen LogP contribution in [0.15, 0.2) is 46.0 Å². The van der Waals surface area contributed by atoms with Crippen LogP contribution in [0.25, 0.3) is 0 Å². The summed E-state index contributed by atoms with van der Waals surface area (Å²) in [5, 5.41) is 15.4. The van der Waals surface area contributed by atoms with Crippen molar-refractivity contribution in [2.24, 2.45) is 10.2 Å². The Kier molecular flexibility index (Phi) is 5.39. The van der Waals surface area contributed by atoms with Crippen LogP contribution in [0, 0.1) is 5.82 Å². The van der Waals surface area contributed by atoms with Crippen molar-refractivity contribution >= 4 is 11.7 Å². The highest BCUT2D eigenvalue weighted by molar-refractivity contribution is 5.88. The molecule has 0 bridgehead atoms. The number of hydrogen-bond acceptors (Lipinski definition) is 5. The SMILES string of the molecule is CCOC(=O)C(N=Nc1ccc(F)cc1)=C(O)C(F)(F)F. The molecule has 0 fully saturated rings. The van der Waals surface area contributed by atoms with Gasteiger partial charge in [-0.2, -0.15) is 18.3 Å². The van der Waals surface area contributed by atoms with E-state index >= 15 is 0 Å². The van der Waals surface area contributed by atoms with Crippen LogP contribution in [-0.2, 0) is 9.53 Å². The van der Waals surface area contributed by atoms with Crippen LogP contribution in [-0.4, -0.2) is 23.9 Å². The first-order valence-electron chi connectivity index (χ1n) is 5.60. The third-order valence-corrected chi connectivity index (χ3v) is 2.05. The van der Waals surface area contributed by atoms with Gasteiger partial charge >= 0.3 is 12.1 Å². The largest absolute Gasteiger partial charge is 0.502 e. The van der Waals surface area contributed by atoms with Gasteiger partial charge in [0.2, 0.25) is 11.5 Å². The number of carbonyl (C=O) groups excluding carboxylic acids is 1. The fraction of sp³-hybridized carbons (Fsp3) is 0.250. The number of benzene rings is 1. The number of esters is 1. The lowest BCUT2D eigenvalue weighted by atomic mass is 10.3. The van der Waals surface area contributed by atoms with Gasteiger partial charge in [0, 0.05) is 0 Å². The molecule has 114 valence electrons. The van der Waals surface area contributed by atoms with Crippen LogP contribution < -0.4 is 0 Å². The molecule has 0 atom stereocenters. The van der Waals surface area contributed by atoms with Crippen LogP contribution in [0.1, 0.15) is 6.92 Å². The summed E-state index contributed by atoms with van der Waals surface area (Å²) < 4.78 is 54.2. The summed E-state index contributed by atoms with van der Waals surface area (Å²) in [7, 11) is 0. The van der Waals surface area contributed by atoms with Crippen LogP contribution in [0.3, 0.4) is 0 Å². The lowest BCUT2D eigenvalue weighted by Gasteiger charge is -2.08. The summed E-state index contributed by atoms with van der Waals surface area (Å²) >= 11 is 0. The second-order valence-electron chi connectivity index (χ2n) is 3.59. The molecule has 0 heterocycles. The Morgan fingerprint density at radius 3 is 2.33 bits per heavy atom. The lowest BCUT2D eigenvalue weighted by molar-refractivity contribution is -0.143. The lowest BCUT2D eigenvalue weighted by Crippen LogP contribution is -2.18. The predicted octanol–water partition coefficient (Wildman–Crippen LogP) is 3.80. The van der Waals surface area contributed by atoms with Crippen molar-refractivity contribution in [3.63, 3.8) is 0 Å². The normalized spacial score (nSPS) is 13.2. The third-order valence-electron chi connectivity index (χ3n) is 2.05. The highest BCUT2D eigenvalue weighted by Crippen LogP contribution is 2.28. The number of azo groups is 1. The topological polar surface area (TPSA) is 71.2 Å². The Morgan fingerprint density at radius 1 is 1.29 bits per heavy atom. The molecule has 1 N–H and O–H groups in total. The minimum absolute atomic E-state index is 0.00632. The van der Waals surface area contributed by atoms with Crippen molar-refractivity contribution in [1.29, 1.82) is 0 Å². The van der Waals surface area contributed by atoms with E-state index in [1.807, 2.05) is 0 Å². The smallest absolute Gasteiger partial charge is 0.451 e. The average molecular weight is 306 g/mol. The van der Waals surface area contributed by atoms with E-state index < -0.39 is 29.4 Å². The molecule has 0 aliphatic heterocycles. The maximum absolute atomic E-state index is 12.7. The van der Waals surface area contributed by atoms with E-state index in [-0.39, 0.29) is 12.3 Å². The molecule has 9 heteroatoms. The number of hydrogen-bond donors (Lipinski definition) is 1. The summed E-state index contributed by atoms with van der Waals surface area (Å²) in [6, 6.07) is 4.27. The summed E-state index contributed by atoms with van der Waals surface area (Å²) in [5.41, 5.74) is -1.39. The predicted molar refractivity (Wildman–Crippen MR) is 63.3 cm³/mol. The van der Waals surface area contributed by atoms with E-state index in [9.17, 15) is 22.4 Å². The molecule has 21 heavy (non-hydrogen) atoms. The molecule has 0 saturated heterocycles. The number of carbonyl (C=O) groups is 1. The first-order valence-corrected chi connectivity index (χ1v) is 5.60. The van der Waals surface area contributed by atoms with Gasteiger partial charge in [0.1, 0.15) is 5.82 Å². The molecule has 1 aromatic carbocycles. The Bertz CT molecular complexity index is 565. The van der Waals surface area contributed by atoms with Crippen molar-refractivity contribution in [1.82, 2.24) is 0 Å². The maximum Gasteiger partial charge on any atom is 0.451 e. The second kappa shape index (κ2) is 6.82. The molecule has 0 unspecified atom stereocenters. The Labute approximate surface area is 116 Å². The van der Waals surface area contributed by atoms with Crippen molar-refractivity contribution in [3.05, 3.63) is 41.5 Å². The Balaban J connectivity index is 3.14. The molecule has 0 spiro atoms. The number of allylic oxidation sites excluding steroid dienone is 1. The van der Waals surface area contributed by atoms with Gasteiger partial charge in [-0.05, 0) is 31.2 Å². The van der Waals surface area contributed by atoms with Crippen molar-refractivity contribution in [2.75, 3.05) is 6.61 Å². The number of ether oxygens (including phenoxy) is 1. The quantitative estimate of drug-likeness (QED) is 0.302. The Hall–Kier alpha value is -2.45. The number of rotatable bonds is 4. The van der Waals surface area contributed by atoms with Gasteiger partial charge in [-0.1, -0.05) is 0 Å². The summed E-state index contributed by atoms with van der Waals surface area (Å²) in [6.07, 6.45) is -5.18. The first kappa shape index (κ1) is 16.6. The molecule has 1 rings (SSSR count). The minimum Gasteiger partial charge on any atom is -0.502 e.